The number of amides is 2. The molecule has 6 heteroatoms. The molecule has 0 aliphatic carbocycles. The van der Waals surface area contributed by atoms with Gasteiger partial charge in [-0.15, -0.1) is 11.3 Å². The van der Waals surface area contributed by atoms with Gasteiger partial charge < -0.3 is 14.5 Å². The number of aryl methyl sites for hydroxylation is 1. The number of rotatable bonds is 9. The second-order valence-electron chi connectivity index (χ2n) is 8.27. The number of hydrogen-bond donors (Lipinski definition) is 0. The van der Waals surface area contributed by atoms with Crippen LogP contribution in [0, 0.1) is 12.8 Å². The van der Waals surface area contributed by atoms with E-state index in [0.29, 0.717) is 19.6 Å². The van der Waals surface area contributed by atoms with Gasteiger partial charge in [-0.05, 0) is 42.3 Å². The Morgan fingerprint density at radius 2 is 1.90 bits per heavy atom. The summed E-state index contributed by atoms with van der Waals surface area (Å²) in [5, 5.41) is 2.06. The summed E-state index contributed by atoms with van der Waals surface area (Å²) in [7, 11) is 0. The summed E-state index contributed by atoms with van der Waals surface area (Å²) in [4.78, 5) is 31.0. The molecule has 2 amide bonds. The van der Waals surface area contributed by atoms with Crippen LogP contribution in [0.1, 0.15) is 42.7 Å². The third kappa shape index (κ3) is 6.16. The lowest BCUT2D eigenvalue weighted by Crippen LogP contribution is -2.46. The number of benzene rings is 1. The van der Waals surface area contributed by atoms with Gasteiger partial charge >= 0.3 is 0 Å². The number of ether oxygens (including phenoxy) is 1. The lowest BCUT2D eigenvalue weighted by Gasteiger charge is -2.30. The standard InChI is InChI=1S/C24H32N2O3S/c1-18(2)24(28)26(15-21-10-7-12-29-21)17-23(27)25(14-20-8-5-4-6-9-20)16-22-19(3)11-13-30-22/h4-6,8-9,11,13,18,21H,7,10,12,14-17H2,1-3H3/t21-/m1/s1. The van der Waals surface area contributed by atoms with E-state index >= 15 is 0 Å². The summed E-state index contributed by atoms with van der Waals surface area (Å²) in [5.74, 6) is -0.175. The molecule has 1 aromatic heterocycles. The maximum Gasteiger partial charge on any atom is 0.242 e. The van der Waals surface area contributed by atoms with Crippen LogP contribution < -0.4 is 0 Å². The Bertz CT molecular complexity index is 828. The monoisotopic (exact) mass is 428 g/mol. The minimum absolute atomic E-state index is 0.00538. The van der Waals surface area contributed by atoms with Gasteiger partial charge in [-0.1, -0.05) is 44.2 Å². The third-order valence-electron chi connectivity index (χ3n) is 5.45. The number of hydrogen-bond acceptors (Lipinski definition) is 4. The van der Waals surface area contributed by atoms with E-state index in [1.54, 1.807) is 16.2 Å². The summed E-state index contributed by atoms with van der Waals surface area (Å²) in [6, 6.07) is 12.1. The molecule has 0 bridgehead atoms. The van der Waals surface area contributed by atoms with Crippen LogP contribution in [0.4, 0.5) is 0 Å². The van der Waals surface area contributed by atoms with Crippen LogP contribution in [-0.4, -0.2) is 47.4 Å². The highest BCUT2D eigenvalue weighted by molar-refractivity contribution is 7.10. The van der Waals surface area contributed by atoms with E-state index < -0.39 is 0 Å². The van der Waals surface area contributed by atoms with Crippen molar-refractivity contribution in [2.75, 3.05) is 19.7 Å². The van der Waals surface area contributed by atoms with E-state index in [0.717, 1.165) is 25.0 Å². The van der Waals surface area contributed by atoms with Gasteiger partial charge in [0.2, 0.25) is 11.8 Å². The predicted octanol–water partition coefficient (Wildman–Crippen LogP) is 4.25. The molecule has 2 heterocycles. The molecule has 0 spiro atoms. The zero-order chi connectivity index (χ0) is 21.5. The quantitative estimate of drug-likeness (QED) is 0.600. The van der Waals surface area contributed by atoms with Crippen molar-refractivity contribution in [3.8, 4) is 0 Å². The Morgan fingerprint density at radius 1 is 1.13 bits per heavy atom. The molecule has 1 aromatic carbocycles. The summed E-state index contributed by atoms with van der Waals surface area (Å²) in [6.45, 7) is 8.23. The zero-order valence-corrected chi connectivity index (χ0v) is 19.0. The largest absolute Gasteiger partial charge is 0.376 e. The molecular formula is C24H32N2O3S. The van der Waals surface area contributed by atoms with Crippen molar-refractivity contribution in [1.29, 1.82) is 0 Å². The summed E-state index contributed by atoms with van der Waals surface area (Å²) in [6.07, 6.45) is 1.99. The Kier molecular flexibility index (Phi) is 8.05. The second-order valence-corrected chi connectivity index (χ2v) is 9.27. The molecule has 0 radical (unpaired) electrons. The van der Waals surface area contributed by atoms with Crippen molar-refractivity contribution < 1.29 is 14.3 Å². The van der Waals surface area contributed by atoms with E-state index in [1.165, 1.54) is 10.4 Å². The summed E-state index contributed by atoms with van der Waals surface area (Å²) in [5.41, 5.74) is 2.28. The van der Waals surface area contributed by atoms with Gasteiger partial charge in [-0.3, -0.25) is 9.59 Å². The number of carbonyl (C=O) groups excluding carboxylic acids is 2. The SMILES string of the molecule is Cc1ccsc1CN(Cc1ccccc1)C(=O)CN(C[C@H]1CCCO1)C(=O)C(C)C. The molecular weight excluding hydrogens is 396 g/mol. The van der Waals surface area contributed by atoms with Crippen LogP contribution in [0.2, 0.25) is 0 Å². The Morgan fingerprint density at radius 3 is 2.50 bits per heavy atom. The Balaban J connectivity index is 1.76. The first-order chi connectivity index (χ1) is 14.4. The number of carbonyl (C=O) groups is 2. The van der Waals surface area contributed by atoms with Crippen molar-refractivity contribution in [1.82, 2.24) is 9.80 Å². The van der Waals surface area contributed by atoms with Gasteiger partial charge in [0.1, 0.15) is 0 Å². The molecule has 0 saturated carbocycles. The first-order valence-corrected chi connectivity index (χ1v) is 11.6. The minimum Gasteiger partial charge on any atom is -0.376 e. The van der Waals surface area contributed by atoms with Crippen LogP contribution in [-0.2, 0) is 27.4 Å². The van der Waals surface area contributed by atoms with Gasteiger partial charge in [0.25, 0.3) is 0 Å². The first-order valence-electron chi connectivity index (χ1n) is 10.7. The molecule has 1 aliphatic heterocycles. The van der Waals surface area contributed by atoms with Gasteiger partial charge in [-0.2, -0.15) is 0 Å². The maximum absolute atomic E-state index is 13.4. The molecule has 1 atom stereocenters. The van der Waals surface area contributed by atoms with Gasteiger partial charge in [0, 0.05) is 30.5 Å². The minimum atomic E-state index is -0.152. The molecule has 3 rings (SSSR count). The van der Waals surface area contributed by atoms with Gasteiger partial charge in [0.15, 0.2) is 0 Å². The van der Waals surface area contributed by atoms with Crippen molar-refractivity contribution in [2.45, 2.75) is 52.8 Å². The van der Waals surface area contributed by atoms with E-state index in [1.807, 2.05) is 49.1 Å². The number of nitrogens with zero attached hydrogens (tertiary/aromatic N) is 2. The molecule has 0 unspecified atom stereocenters. The molecule has 1 saturated heterocycles. The van der Waals surface area contributed by atoms with Crippen LogP contribution in [0.25, 0.3) is 0 Å². The lowest BCUT2D eigenvalue weighted by atomic mass is 10.1. The molecule has 1 aliphatic rings. The highest BCUT2D eigenvalue weighted by atomic mass is 32.1. The van der Waals surface area contributed by atoms with E-state index in [9.17, 15) is 9.59 Å². The zero-order valence-electron chi connectivity index (χ0n) is 18.2. The van der Waals surface area contributed by atoms with Gasteiger partial charge in [0.05, 0.1) is 19.2 Å². The number of thiophene rings is 1. The van der Waals surface area contributed by atoms with Crippen molar-refractivity contribution in [3.63, 3.8) is 0 Å². The molecule has 2 aromatic rings. The summed E-state index contributed by atoms with van der Waals surface area (Å²) >= 11 is 1.67. The topological polar surface area (TPSA) is 49.9 Å². The molecule has 1 fully saturated rings. The molecule has 162 valence electrons. The smallest absolute Gasteiger partial charge is 0.242 e. The second kappa shape index (κ2) is 10.7. The maximum atomic E-state index is 13.4. The highest BCUT2D eigenvalue weighted by Gasteiger charge is 2.27. The van der Waals surface area contributed by atoms with Crippen LogP contribution >= 0.6 is 11.3 Å². The van der Waals surface area contributed by atoms with E-state index in [4.69, 9.17) is 4.74 Å². The average molecular weight is 429 g/mol. The van der Waals surface area contributed by atoms with E-state index in [2.05, 4.69) is 18.4 Å². The first kappa shape index (κ1) is 22.5. The average Bonchev–Trinajstić information content (AvgIpc) is 3.39. The van der Waals surface area contributed by atoms with Crippen molar-refractivity contribution in [2.24, 2.45) is 5.92 Å². The van der Waals surface area contributed by atoms with Crippen LogP contribution in [0.3, 0.4) is 0 Å². The van der Waals surface area contributed by atoms with Gasteiger partial charge in [-0.25, -0.2) is 0 Å². The fraction of sp³-hybridized carbons (Fsp3) is 0.500. The van der Waals surface area contributed by atoms with E-state index in [-0.39, 0.29) is 30.4 Å². The fourth-order valence-corrected chi connectivity index (χ4v) is 4.59. The fourth-order valence-electron chi connectivity index (χ4n) is 3.67. The normalized spacial score (nSPS) is 16.1. The molecule has 5 nitrogen and oxygen atoms in total. The van der Waals surface area contributed by atoms with Crippen molar-refractivity contribution in [3.05, 3.63) is 57.8 Å². The Hall–Kier alpha value is -2.18. The molecule has 0 N–H and O–H groups in total. The lowest BCUT2D eigenvalue weighted by molar-refractivity contribution is -0.144. The van der Waals surface area contributed by atoms with Crippen LogP contribution in [0.5, 0.6) is 0 Å². The highest BCUT2D eigenvalue weighted by Crippen LogP contribution is 2.20. The Labute approximate surface area is 183 Å². The molecule has 30 heavy (non-hydrogen) atoms. The third-order valence-corrected chi connectivity index (χ3v) is 6.46. The van der Waals surface area contributed by atoms with Crippen LogP contribution in [0.15, 0.2) is 41.8 Å². The summed E-state index contributed by atoms with van der Waals surface area (Å²) < 4.78 is 5.73. The van der Waals surface area contributed by atoms with Crippen molar-refractivity contribution >= 4 is 23.2 Å². The predicted molar refractivity (Wildman–Crippen MR) is 120 cm³/mol.